The predicted octanol–water partition coefficient (Wildman–Crippen LogP) is 1.66. The van der Waals surface area contributed by atoms with Crippen molar-refractivity contribution in [2.75, 3.05) is 52.9 Å². The molecule has 1 aromatic carbocycles. The summed E-state index contributed by atoms with van der Waals surface area (Å²) in [5.41, 5.74) is 0.953. The number of ether oxygens (including phenoxy) is 5. The van der Waals surface area contributed by atoms with Crippen LogP contribution >= 0.6 is 0 Å². The maximum atomic E-state index is 11.6. The van der Waals surface area contributed by atoms with Crippen molar-refractivity contribution in [2.45, 2.75) is 19.4 Å². The van der Waals surface area contributed by atoms with Crippen LogP contribution in [0, 0.1) is 0 Å². The van der Waals surface area contributed by atoms with Crippen LogP contribution in [0.25, 0.3) is 0 Å². The maximum Gasteiger partial charge on any atom is 0.308 e. The molecule has 0 aliphatic carbocycles. The summed E-state index contributed by atoms with van der Waals surface area (Å²) in [5.74, 6) is -1.17. The third-order valence-corrected chi connectivity index (χ3v) is 3.27. The number of carboxylic acids is 1. The minimum Gasteiger partial charge on any atom is -0.481 e. The summed E-state index contributed by atoms with van der Waals surface area (Å²) in [6.45, 7) is 3.16. The van der Waals surface area contributed by atoms with Gasteiger partial charge < -0.3 is 28.8 Å². The Balaban J connectivity index is 1.78. The maximum absolute atomic E-state index is 11.6. The van der Waals surface area contributed by atoms with Crippen LogP contribution < -0.4 is 0 Å². The second kappa shape index (κ2) is 16.2. The number of aliphatic carboxylic acids is 1. The number of carbonyl (C=O) groups excluding carboxylic acids is 1. The summed E-state index contributed by atoms with van der Waals surface area (Å²) in [6, 6.07) is 9.50. The van der Waals surface area contributed by atoms with Gasteiger partial charge in [-0.15, -0.1) is 0 Å². The topological polar surface area (TPSA) is 101 Å². The normalized spacial score (nSPS) is 10.7. The van der Waals surface area contributed by atoms with Crippen LogP contribution in [0.2, 0.25) is 0 Å². The average molecular weight is 384 g/mol. The molecule has 8 nitrogen and oxygen atoms in total. The first-order chi connectivity index (χ1) is 13.2. The zero-order chi connectivity index (χ0) is 19.6. The molecule has 8 heteroatoms. The minimum atomic E-state index is -0.879. The van der Waals surface area contributed by atoms with E-state index in [4.69, 9.17) is 28.8 Å². The van der Waals surface area contributed by atoms with Gasteiger partial charge in [0.2, 0.25) is 0 Å². The molecule has 27 heavy (non-hydrogen) atoms. The molecule has 0 fully saturated rings. The van der Waals surface area contributed by atoms with Crippen LogP contribution in [0.5, 0.6) is 0 Å². The first kappa shape index (κ1) is 23.0. The van der Waals surface area contributed by atoms with Gasteiger partial charge in [0.15, 0.2) is 0 Å². The Kier molecular flexibility index (Phi) is 13.8. The van der Waals surface area contributed by atoms with E-state index in [9.17, 15) is 9.59 Å². The van der Waals surface area contributed by atoms with Gasteiger partial charge in [-0.05, 0) is 5.56 Å². The Morgan fingerprint density at radius 3 is 1.70 bits per heavy atom. The van der Waals surface area contributed by atoms with E-state index in [-0.39, 0.29) is 32.0 Å². The van der Waals surface area contributed by atoms with Gasteiger partial charge >= 0.3 is 11.9 Å². The smallest absolute Gasteiger partial charge is 0.308 e. The lowest BCUT2D eigenvalue weighted by Crippen LogP contribution is -2.14. The molecule has 0 aliphatic rings. The van der Waals surface area contributed by atoms with Crippen molar-refractivity contribution >= 4 is 11.9 Å². The van der Waals surface area contributed by atoms with Crippen LogP contribution in [0.15, 0.2) is 30.3 Å². The van der Waals surface area contributed by atoms with Crippen molar-refractivity contribution in [1.29, 1.82) is 0 Å². The van der Waals surface area contributed by atoms with Gasteiger partial charge in [0.05, 0.1) is 65.7 Å². The number of hydrogen-bond donors (Lipinski definition) is 1. The highest BCUT2D eigenvalue weighted by Gasteiger charge is 2.03. The van der Waals surface area contributed by atoms with E-state index in [1.807, 2.05) is 30.3 Å². The number of benzene rings is 1. The molecule has 152 valence electrons. The SMILES string of the molecule is O=C(O)CCOCCOCCOCCOCCC(=O)OCc1ccccc1. The highest BCUT2D eigenvalue weighted by atomic mass is 16.6. The van der Waals surface area contributed by atoms with E-state index in [1.165, 1.54) is 0 Å². The van der Waals surface area contributed by atoms with Gasteiger partial charge in [-0.3, -0.25) is 9.59 Å². The molecule has 0 aromatic heterocycles. The summed E-state index contributed by atoms with van der Waals surface area (Å²) in [4.78, 5) is 21.8. The fourth-order valence-electron chi connectivity index (χ4n) is 1.89. The molecule has 0 saturated carbocycles. The first-order valence-corrected chi connectivity index (χ1v) is 8.91. The van der Waals surface area contributed by atoms with Crippen molar-refractivity contribution < 1.29 is 38.4 Å². The van der Waals surface area contributed by atoms with Crippen LogP contribution in [0.3, 0.4) is 0 Å². The van der Waals surface area contributed by atoms with Crippen LogP contribution in [0.4, 0.5) is 0 Å². The van der Waals surface area contributed by atoms with Gasteiger partial charge in [-0.2, -0.15) is 0 Å². The van der Waals surface area contributed by atoms with E-state index in [2.05, 4.69) is 0 Å². The summed E-state index contributed by atoms with van der Waals surface area (Å²) in [5, 5.41) is 8.42. The summed E-state index contributed by atoms with van der Waals surface area (Å²) in [6.07, 6.45) is 0.200. The zero-order valence-corrected chi connectivity index (χ0v) is 15.5. The van der Waals surface area contributed by atoms with E-state index < -0.39 is 5.97 Å². The molecule has 0 bridgehead atoms. The van der Waals surface area contributed by atoms with Crippen LogP contribution in [-0.2, 0) is 39.9 Å². The molecule has 0 saturated heterocycles. The molecule has 1 aromatic rings. The van der Waals surface area contributed by atoms with Crippen molar-refractivity contribution in [1.82, 2.24) is 0 Å². The fraction of sp³-hybridized carbons (Fsp3) is 0.579. The summed E-state index contributed by atoms with van der Waals surface area (Å²) >= 11 is 0. The molecule has 0 radical (unpaired) electrons. The van der Waals surface area contributed by atoms with Gasteiger partial charge in [0, 0.05) is 0 Å². The Hall–Kier alpha value is -2.00. The molecule has 0 spiro atoms. The number of esters is 1. The molecule has 0 atom stereocenters. The molecule has 0 heterocycles. The highest BCUT2D eigenvalue weighted by Crippen LogP contribution is 2.01. The molecule has 0 unspecified atom stereocenters. The first-order valence-electron chi connectivity index (χ1n) is 8.91. The average Bonchev–Trinajstić information content (AvgIpc) is 2.67. The lowest BCUT2D eigenvalue weighted by molar-refractivity contribution is -0.146. The highest BCUT2D eigenvalue weighted by molar-refractivity contribution is 5.69. The summed E-state index contributed by atoms with van der Waals surface area (Å²) in [7, 11) is 0. The molecule has 1 rings (SSSR count). The molecular weight excluding hydrogens is 356 g/mol. The predicted molar refractivity (Wildman–Crippen MR) is 96.4 cm³/mol. The second-order valence-corrected chi connectivity index (χ2v) is 5.49. The van der Waals surface area contributed by atoms with Gasteiger partial charge in [0.1, 0.15) is 6.61 Å². The summed E-state index contributed by atoms with van der Waals surface area (Å²) < 4.78 is 26.1. The standard InChI is InChI=1S/C19H28O8/c20-18(21)6-8-23-10-12-25-14-15-26-13-11-24-9-7-19(22)27-16-17-4-2-1-3-5-17/h1-5H,6-16H2,(H,20,21). The number of carboxylic acid groups (broad SMARTS) is 1. The van der Waals surface area contributed by atoms with Crippen molar-refractivity contribution in [3.8, 4) is 0 Å². The van der Waals surface area contributed by atoms with Crippen molar-refractivity contribution in [3.63, 3.8) is 0 Å². The number of carbonyl (C=O) groups is 2. The molecule has 1 N–H and O–H groups in total. The van der Waals surface area contributed by atoms with Crippen LogP contribution in [0.1, 0.15) is 18.4 Å². The van der Waals surface area contributed by atoms with Crippen LogP contribution in [-0.4, -0.2) is 69.9 Å². The molecule has 0 aliphatic heterocycles. The molecular formula is C19H28O8. The Labute approximate surface area is 159 Å². The lowest BCUT2D eigenvalue weighted by atomic mass is 10.2. The minimum absolute atomic E-state index is 0.00609. The van der Waals surface area contributed by atoms with E-state index in [1.54, 1.807) is 0 Å². The third kappa shape index (κ3) is 14.8. The molecule has 0 amide bonds. The quantitative estimate of drug-likeness (QED) is 0.320. The monoisotopic (exact) mass is 384 g/mol. The third-order valence-electron chi connectivity index (χ3n) is 3.27. The zero-order valence-electron chi connectivity index (χ0n) is 15.5. The van der Waals surface area contributed by atoms with Gasteiger partial charge in [-0.1, -0.05) is 30.3 Å². The van der Waals surface area contributed by atoms with Gasteiger partial charge in [0.25, 0.3) is 0 Å². The number of rotatable bonds is 17. The second-order valence-electron chi connectivity index (χ2n) is 5.49. The van der Waals surface area contributed by atoms with E-state index >= 15 is 0 Å². The number of hydrogen-bond acceptors (Lipinski definition) is 7. The van der Waals surface area contributed by atoms with Crippen molar-refractivity contribution in [3.05, 3.63) is 35.9 Å². The Morgan fingerprint density at radius 1 is 0.704 bits per heavy atom. The fourth-order valence-corrected chi connectivity index (χ4v) is 1.89. The largest absolute Gasteiger partial charge is 0.481 e. The van der Waals surface area contributed by atoms with E-state index in [0.29, 0.717) is 46.2 Å². The van der Waals surface area contributed by atoms with Gasteiger partial charge in [-0.25, -0.2) is 0 Å². The van der Waals surface area contributed by atoms with E-state index in [0.717, 1.165) is 5.56 Å². The Bertz CT molecular complexity index is 506. The van der Waals surface area contributed by atoms with Crippen molar-refractivity contribution in [2.24, 2.45) is 0 Å². The Morgan fingerprint density at radius 2 is 1.19 bits per heavy atom. The lowest BCUT2D eigenvalue weighted by Gasteiger charge is -2.07.